The van der Waals surface area contributed by atoms with Crippen molar-refractivity contribution in [1.29, 1.82) is 0 Å². The van der Waals surface area contributed by atoms with Gasteiger partial charge >= 0.3 is 0 Å². The number of nitrogens with one attached hydrogen (secondary N) is 1. The van der Waals surface area contributed by atoms with Crippen LogP contribution < -0.4 is 5.32 Å². The summed E-state index contributed by atoms with van der Waals surface area (Å²) in [6, 6.07) is 13.4. The van der Waals surface area contributed by atoms with E-state index in [2.05, 4.69) is 15.3 Å². The number of thiazole rings is 1. The predicted octanol–water partition coefficient (Wildman–Crippen LogP) is 4.25. The Morgan fingerprint density at radius 3 is 2.68 bits per heavy atom. The number of nitrogens with zero attached hydrogens (tertiary/aromatic N) is 2. The third-order valence-electron chi connectivity index (χ3n) is 2.82. The van der Waals surface area contributed by atoms with Crippen LogP contribution in [0.15, 0.2) is 64.8 Å². The van der Waals surface area contributed by atoms with Crippen molar-refractivity contribution in [3.8, 4) is 0 Å². The smallest absolute Gasteiger partial charge is 0.260 e. The molecule has 0 aliphatic heterocycles. The van der Waals surface area contributed by atoms with Crippen molar-refractivity contribution in [1.82, 2.24) is 9.97 Å². The number of aromatic nitrogens is 2. The van der Waals surface area contributed by atoms with Gasteiger partial charge in [-0.1, -0.05) is 30.0 Å². The van der Waals surface area contributed by atoms with Crippen molar-refractivity contribution in [3.63, 3.8) is 0 Å². The first-order valence-corrected chi connectivity index (χ1v) is 8.27. The van der Waals surface area contributed by atoms with Crippen molar-refractivity contribution < 1.29 is 4.79 Å². The number of carbonyl (C=O) groups is 1. The maximum absolute atomic E-state index is 12.4. The van der Waals surface area contributed by atoms with Gasteiger partial charge in [0.1, 0.15) is 5.03 Å². The molecule has 0 aliphatic carbocycles. The Morgan fingerprint density at radius 1 is 1.14 bits per heavy atom. The average Bonchev–Trinajstić information content (AvgIpc) is 2.94. The fourth-order valence-corrected chi connectivity index (χ4v) is 3.38. The van der Waals surface area contributed by atoms with E-state index in [1.54, 1.807) is 24.5 Å². The Balaban J connectivity index is 1.83. The molecule has 2 aromatic heterocycles. The molecule has 6 heteroatoms. The van der Waals surface area contributed by atoms with Crippen molar-refractivity contribution in [2.75, 3.05) is 5.32 Å². The summed E-state index contributed by atoms with van der Waals surface area (Å²) in [4.78, 5) is 23.0. The van der Waals surface area contributed by atoms with Crippen molar-refractivity contribution >= 4 is 34.1 Å². The number of hydrogen-bond acceptors (Lipinski definition) is 5. The van der Waals surface area contributed by atoms with Crippen LogP contribution in [0.1, 0.15) is 15.2 Å². The zero-order chi connectivity index (χ0) is 15.4. The third-order valence-corrected chi connectivity index (χ3v) is 4.67. The van der Waals surface area contributed by atoms with E-state index >= 15 is 0 Å². The van der Waals surface area contributed by atoms with Gasteiger partial charge in [-0.25, -0.2) is 9.97 Å². The highest BCUT2D eigenvalue weighted by atomic mass is 32.2. The molecule has 3 rings (SSSR count). The summed E-state index contributed by atoms with van der Waals surface area (Å²) < 4.78 is 0. The Bertz CT molecular complexity index is 787. The number of rotatable bonds is 4. The first kappa shape index (κ1) is 14.7. The van der Waals surface area contributed by atoms with Gasteiger partial charge < -0.3 is 0 Å². The molecule has 0 radical (unpaired) electrons. The van der Waals surface area contributed by atoms with Crippen LogP contribution in [0.25, 0.3) is 0 Å². The quantitative estimate of drug-likeness (QED) is 0.778. The van der Waals surface area contributed by atoms with E-state index in [-0.39, 0.29) is 5.91 Å². The Morgan fingerprint density at radius 2 is 1.95 bits per heavy atom. The van der Waals surface area contributed by atoms with Gasteiger partial charge in [0.25, 0.3) is 5.91 Å². The molecule has 1 amide bonds. The lowest BCUT2D eigenvalue weighted by molar-refractivity contribution is 0.102. The minimum absolute atomic E-state index is 0.194. The summed E-state index contributed by atoms with van der Waals surface area (Å²) in [6.45, 7) is 1.95. The van der Waals surface area contributed by atoms with Crippen LogP contribution >= 0.6 is 23.1 Å². The van der Waals surface area contributed by atoms with Gasteiger partial charge in [-0.15, -0.1) is 11.3 Å². The number of pyridine rings is 1. The van der Waals surface area contributed by atoms with Crippen LogP contribution in [0.3, 0.4) is 0 Å². The molecule has 4 nitrogen and oxygen atoms in total. The molecule has 2 heterocycles. The zero-order valence-corrected chi connectivity index (χ0v) is 13.4. The standard InChI is InChI=1S/C16H13N3OS2/c1-11-10-18-16(21-11)19-14(20)13-8-5-9-17-15(13)22-12-6-3-2-4-7-12/h2-10H,1H3,(H,18,19,20). The molecule has 0 aliphatic rings. The second kappa shape index (κ2) is 6.72. The molecular weight excluding hydrogens is 314 g/mol. The van der Waals surface area contributed by atoms with E-state index in [1.165, 1.54) is 23.1 Å². The lowest BCUT2D eigenvalue weighted by atomic mass is 10.3. The van der Waals surface area contributed by atoms with Crippen LogP contribution in [0.5, 0.6) is 0 Å². The highest BCUT2D eigenvalue weighted by Gasteiger charge is 2.14. The topological polar surface area (TPSA) is 54.9 Å². The Hall–Kier alpha value is -2.18. The van der Waals surface area contributed by atoms with Crippen molar-refractivity contribution in [2.45, 2.75) is 16.8 Å². The highest BCUT2D eigenvalue weighted by molar-refractivity contribution is 7.99. The van der Waals surface area contributed by atoms with Crippen molar-refractivity contribution in [2.24, 2.45) is 0 Å². The third kappa shape index (κ3) is 3.52. The summed E-state index contributed by atoms with van der Waals surface area (Å²) in [6.07, 6.45) is 3.43. The second-order valence-electron chi connectivity index (χ2n) is 4.50. The first-order valence-electron chi connectivity index (χ1n) is 6.64. The number of hydrogen-bond donors (Lipinski definition) is 1. The molecule has 1 aromatic carbocycles. The number of carbonyl (C=O) groups excluding carboxylic acids is 1. The predicted molar refractivity (Wildman–Crippen MR) is 89.6 cm³/mol. The maximum atomic E-state index is 12.4. The van der Waals surface area contributed by atoms with Crippen LogP contribution in [-0.2, 0) is 0 Å². The summed E-state index contributed by atoms with van der Waals surface area (Å²) >= 11 is 2.92. The van der Waals surface area contributed by atoms with E-state index in [9.17, 15) is 4.79 Å². The van der Waals surface area contributed by atoms with Gasteiger partial charge in [-0.05, 0) is 31.2 Å². The van der Waals surface area contributed by atoms with Crippen molar-refractivity contribution in [3.05, 3.63) is 65.3 Å². The zero-order valence-electron chi connectivity index (χ0n) is 11.8. The van der Waals surface area contributed by atoms with Crippen LogP contribution in [0.2, 0.25) is 0 Å². The Labute approximate surface area is 136 Å². The summed E-state index contributed by atoms with van der Waals surface area (Å²) in [7, 11) is 0. The van der Waals surface area contributed by atoms with E-state index in [4.69, 9.17) is 0 Å². The van der Waals surface area contributed by atoms with E-state index < -0.39 is 0 Å². The summed E-state index contributed by atoms with van der Waals surface area (Å²) in [5.41, 5.74) is 0.546. The lowest BCUT2D eigenvalue weighted by Gasteiger charge is -2.07. The monoisotopic (exact) mass is 327 g/mol. The molecule has 0 spiro atoms. The van der Waals surface area contributed by atoms with Gasteiger partial charge in [0, 0.05) is 22.2 Å². The molecule has 22 heavy (non-hydrogen) atoms. The largest absolute Gasteiger partial charge is 0.298 e. The normalized spacial score (nSPS) is 10.4. The first-order chi connectivity index (χ1) is 10.7. The van der Waals surface area contributed by atoms with Gasteiger partial charge in [-0.3, -0.25) is 10.1 Å². The molecule has 0 atom stereocenters. The summed E-state index contributed by atoms with van der Waals surface area (Å²) in [5.74, 6) is -0.194. The number of benzene rings is 1. The van der Waals surface area contributed by atoms with Gasteiger partial charge in [0.15, 0.2) is 5.13 Å². The molecule has 0 saturated heterocycles. The molecule has 110 valence electrons. The molecule has 3 aromatic rings. The van der Waals surface area contributed by atoms with Gasteiger partial charge in [0.05, 0.1) is 5.56 Å². The van der Waals surface area contributed by atoms with Crippen LogP contribution in [0, 0.1) is 6.92 Å². The molecule has 0 unspecified atom stereocenters. The molecule has 0 bridgehead atoms. The van der Waals surface area contributed by atoms with Gasteiger partial charge in [-0.2, -0.15) is 0 Å². The minimum atomic E-state index is -0.194. The molecular formula is C16H13N3OS2. The number of amides is 1. The van der Waals surface area contributed by atoms with Gasteiger partial charge in [0.2, 0.25) is 0 Å². The Kier molecular flexibility index (Phi) is 4.50. The highest BCUT2D eigenvalue weighted by Crippen LogP contribution is 2.29. The SMILES string of the molecule is Cc1cnc(NC(=O)c2cccnc2Sc2ccccc2)s1. The molecule has 1 N–H and O–H groups in total. The lowest BCUT2D eigenvalue weighted by Crippen LogP contribution is -2.13. The second-order valence-corrected chi connectivity index (χ2v) is 6.80. The van der Waals surface area contributed by atoms with Crippen LogP contribution in [0.4, 0.5) is 5.13 Å². The fraction of sp³-hybridized carbons (Fsp3) is 0.0625. The maximum Gasteiger partial charge on any atom is 0.260 e. The molecule has 0 saturated carbocycles. The summed E-state index contributed by atoms with van der Waals surface area (Å²) in [5, 5.41) is 4.10. The minimum Gasteiger partial charge on any atom is -0.298 e. The number of anilines is 1. The van der Waals surface area contributed by atoms with E-state index in [1.807, 2.05) is 37.3 Å². The van der Waals surface area contributed by atoms with Crippen LogP contribution in [-0.4, -0.2) is 15.9 Å². The fourth-order valence-electron chi connectivity index (χ4n) is 1.82. The molecule has 0 fully saturated rings. The average molecular weight is 327 g/mol. The van der Waals surface area contributed by atoms with E-state index in [0.717, 1.165) is 9.77 Å². The van der Waals surface area contributed by atoms with E-state index in [0.29, 0.717) is 15.7 Å². The number of aryl methyl sites for hydroxylation is 1.